The van der Waals surface area contributed by atoms with Crippen molar-refractivity contribution in [1.29, 1.82) is 0 Å². The number of hydrogen-bond acceptors (Lipinski definition) is 5. The normalized spacial score (nSPS) is 14.1. The van der Waals surface area contributed by atoms with Crippen LogP contribution in [0.4, 0.5) is 0 Å². The van der Waals surface area contributed by atoms with Crippen LogP contribution in [0.2, 0.25) is 0 Å². The first-order valence-electron chi connectivity index (χ1n) is 5.42. The molecule has 1 aromatic rings. The monoisotopic (exact) mass is 259 g/mol. The maximum absolute atomic E-state index is 5.57. The largest absolute Gasteiger partial charge is 0.271 e. The summed E-state index contributed by atoms with van der Waals surface area (Å²) >= 11 is 3.62. The minimum Gasteiger partial charge on any atom is -0.271 e. The molecule has 0 radical (unpaired) electrons. The maximum atomic E-state index is 5.57. The van der Waals surface area contributed by atoms with Gasteiger partial charge in [0, 0.05) is 28.3 Å². The zero-order valence-corrected chi connectivity index (χ0v) is 12.0. The molecule has 1 rings (SSSR count). The van der Waals surface area contributed by atoms with Crippen LogP contribution in [0.1, 0.15) is 31.5 Å². The minimum atomic E-state index is 0.285. The highest BCUT2D eigenvalue weighted by atomic mass is 32.2. The molecule has 5 heteroatoms. The lowest BCUT2D eigenvalue weighted by molar-refractivity contribution is 0.568. The summed E-state index contributed by atoms with van der Waals surface area (Å²) in [4.78, 5) is 4.46. The molecule has 1 unspecified atom stereocenters. The first-order chi connectivity index (χ1) is 7.40. The summed E-state index contributed by atoms with van der Waals surface area (Å²) in [5.41, 5.74) is 4.02. The zero-order chi connectivity index (χ0) is 12.2. The van der Waals surface area contributed by atoms with E-state index in [4.69, 9.17) is 5.84 Å². The Kier molecular flexibility index (Phi) is 5.24. The van der Waals surface area contributed by atoms with Gasteiger partial charge in [0.25, 0.3) is 0 Å². The highest BCUT2D eigenvalue weighted by molar-refractivity contribution is 8.00. The van der Waals surface area contributed by atoms with Gasteiger partial charge in [-0.1, -0.05) is 20.8 Å². The summed E-state index contributed by atoms with van der Waals surface area (Å²) in [7, 11) is 0. The lowest BCUT2D eigenvalue weighted by Crippen LogP contribution is -2.39. The van der Waals surface area contributed by atoms with Crippen molar-refractivity contribution in [3.63, 3.8) is 0 Å². The SMILES string of the molecule is Cc1nc(CC(CSC(C)(C)C)NN)cs1. The summed E-state index contributed by atoms with van der Waals surface area (Å²) in [5.74, 6) is 6.58. The topological polar surface area (TPSA) is 50.9 Å². The number of hydrazine groups is 1. The number of nitrogens with two attached hydrogens (primary N) is 1. The molecule has 92 valence electrons. The summed E-state index contributed by atoms with van der Waals surface area (Å²) in [6, 6.07) is 0.297. The van der Waals surface area contributed by atoms with Gasteiger partial charge in [-0.2, -0.15) is 11.8 Å². The van der Waals surface area contributed by atoms with E-state index >= 15 is 0 Å². The standard InChI is InChI=1S/C11H21N3S2/c1-8-13-9(6-15-8)5-10(14-12)7-16-11(2,3)4/h6,10,14H,5,7,12H2,1-4H3. The van der Waals surface area contributed by atoms with Crippen LogP contribution in [0, 0.1) is 6.92 Å². The fourth-order valence-electron chi connectivity index (χ4n) is 1.27. The highest BCUT2D eigenvalue weighted by Crippen LogP contribution is 2.24. The van der Waals surface area contributed by atoms with Crippen molar-refractivity contribution in [3.8, 4) is 0 Å². The summed E-state index contributed by atoms with van der Waals surface area (Å²) in [6.07, 6.45) is 0.907. The second kappa shape index (κ2) is 6.00. The van der Waals surface area contributed by atoms with E-state index < -0.39 is 0 Å². The Balaban J connectivity index is 2.43. The first kappa shape index (κ1) is 14.0. The molecule has 0 aliphatic rings. The third kappa shape index (κ3) is 5.30. The molecule has 0 amide bonds. The van der Waals surface area contributed by atoms with Crippen LogP contribution in [-0.4, -0.2) is 21.5 Å². The van der Waals surface area contributed by atoms with Gasteiger partial charge >= 0.3 is 0 Å². The molecule has 0 spiro atoms. The quantitative estimate of drug-likeness (QED) is 0.629. The number of thiazole rings is 1. The van der Waals surface area contributed by atoms with Gasteiger partial charge in [0.1, 0.15) is 0 Å². The smallest absolute Gasteiger partial charge is 0.0897 e. The Morgan fingerprint density at radius 3 is 2.69 bits per heavy atom. The van der Waals surface area contributed by atoms with E-state index in [2.05, 4.69) is 36.6 Å². The fraction of sp³-hybridized carbons (Fsp3) is 0.727. The second-order valence-corrected chi connectivity index (χ2v) is 7.76. The summed E-state index contributed by atoms with van der Waals surface area (Å²) in [5, 5.41) is 3.23. The zero-order valence-electron chi connectivity index (χ0n) is 10.4. The van der Waals surface area contributed by atoms with Crippen LogP contribution >= 0.6 is 23.1 Å². The Labute approximate surface area is 106 Å². The third-order valence-corrected chi connectivity index (χ3v) is 4.33. The average Bonchev–Trinajstić information content (AvgIpc) is 2.57. The van der Waals surface area contributed by atoms with Gasteiger partial charge in [-0.25, -0.2) is 4.98 Å². The number of hydrogen-bond donors (Lipinski definition) is 2. The number of nitrogens with zero attached hydrogens (tertiary/aromatic N) is 1. The molecule has 16 heavy (non-hydrogen) atoms. The van der Waals surface area contributed by atoms with E-state index in [1.807, 2.05) is 18.7 Å². The molecule has 0 aromatic carbocycles. The molecule has 1 heterocycles. The number of aromatic nitrogens is 1. The molecule has 0 fully saturated rings. The molecular formula is C11H21N3S2. The number of thioether (sulfide) groups is 1. The van der Waals surface area contributed by atoms with Crippen LogP contribution in [0.5, 0.6) is 0 Å². The van der Waals surface area contributed by atoms with Gasteiger partial charge in [0.05, 0.1) is 10.7 Å². The van der Waals surface area contributed by atoms with Crippen LogP contribution in [0.25, 0.3) is 0 Å². The van der Waals surface area contributed by atoms with Crippen molar-refractivity contribution < 1.29 is 0 Å². The van der Waals surface area contributed by atoms with Gasteiger partial charge < -0.3 is 0 Å². The molecular weight excluding hydrogens is 238 g/mol. The van der Waals surface area contributed by atoms with Crippen LogP contribution < -0.4 is 11.3 Å². The molecule has 0 aliphatic heterocycles. The highest BCUT2D eigenvalue weighted by Gasteiger charge is 2.16. The van der Waals surface area contributed by atoms with Crippen molar-refractivity contribution in [2.24, 2.45) is 5.84 Å². The molecule has 0 bridgehead atoms. The van der Waals surface area contributed by atoms with Gasteiger partial charge in [-0.3, -0.25) is 11.3 Å². The van der Waals surface area contributed by atoms with Gasteiger partial charge in [-0.05, 0) is 6.92 Å². The molecule has 1 atom stereocenters. The van der Waals surface area contributed by atoms with E-state index in [1.54, 1.807) is 11.3 Å². The maximum Gasteiger partial charge on any atom is 0.0897 e. The van der Waals surface area contributed by atoms with Gasteiger partial charge in [0.2, 0.25) is 0 Å². The summed E-state index contributed by atoms with van der Waals surface area (Å²) in [6.45, 7) is 8.69. The van der Waals surface area contributed by atoms with Gasteiger partial charge in [-0.15, -0.1) is 11.3 Å². The van der Waals surface area contributed by atoms with Crippen molar-refractivity contribution in [3.05, 3.63) is 16.1 Å². The fourth-order valence-corrected chi connectivity index (χ4v) is 2.81. The second-order valence-electron chi connectivity index (χ2n) is 4.85. The lowest BCUT2D eigenvalue weighted by atomic mass is 10.2. The molecule has 0 aliphatic carbocycles. The Morgan fingerprint density at radius 1 is 1.56 bits per heavy atom. The molecule has 3 nitrogen and oxygen atoms in total. The first-order valence-corrected chi connectivity index (χ1v) is 7.28. The van der Waals surface area contributed by atoms with Crippen molar-refractivity contribution in [2.75, 3.05) is 5.75 Å². The lowest BCUT2D eigenvalue weighted by Gasteiger charge is -2.22. The predicted octanol–water partition coefficient (Wildman–Crippen LogP) is 2.36. The van der Waals surface area contributed by atoms with E-state index in [-0.39, 0.29) is 4.75 Å². The third-order valence-electron chi connectivity index (χ3n) is 2.08. The van der Waals surface area contributed by atoms with Crippen molar-refractivity contribution >= 4 is 23.1 Å². The Hall–Kier alpha value is -0.100. The number of rotatable bonds is 5. The molecule has 0 saturated carbocycles. The Bertz CT molecular complexity index is 317. The summed E-state index contributed by atoms with van der Waals surface area (Å²) < 4.78 is 0.285. The Morgan fingerprint density at radius 2 is 2.25 bits per heavy atom. The molecule has 1 aromatic heterocycles. The molecule has 3 N–H and O–H groups in total. The van der Waals surface area contributed by atoms with Crippen molar-refractivity contribution in [2.45, 2.75) is 44.9 Å². The van der Waals surface area contributed by atoms with Crippen LogP contribution in [-0.2, 0) is 6.42 Å². The van der Waals surface area contributed by atoms with E-state index in [1.165, 1.54) is 0 Å². The average molecular weight is 259 g/mol. The molecule has 0 saturated heterocycles. The van der Waals surface area contributed by atoms with Crippen LogP contribution in [0.3, 0.4) is 0 Å². The van der Waals surface area contributed by atoms with E-state index in [0.29, 0.717) is 6.04 Å². The van der Waals surface area contributed by atoms with E-state index in [9.17, 15) is 0 Å². The van der Waals surface area contributed by atoms with Gasteiger partial charge in [0.15, 0.2) is 0 Å². The van der Waals surface area contributed by atoms with E-state index in [0.717, 1.165) is 22.9 Å². The van der Waals surface area contributed by atoms with Crippen LogP contribution in [0.15, 0.2) is 5.38 Å². The number of aryl methyl sites for hydroxylation is 1. The predicted molar refractivity (Wildman–Crippen MR) is 73.9 cm³/mol. The minimum absolute atomic E-state index is 0.285. The number of nitrogens with one attached hydrogen (secondary N) is 1. The van der Waals surface area contributed by atoms with Crippen molar-refractivity contribution in [1.82, 2.24) is 10.4 Å².